The summed E-state index contributed by atoms with van der Waals surface area (Å²) in [4.78, 5) is 18.7. The van der Waals surface area contributed by atoms with Crippen LogP contribution in [-0.4, -0.2) is 48.1 Å². The number of ether oxygens (including phenoxy) is 1. The number of halogens is 1. The summed E-state index contributed by atoms with van der Waals surface area (Å²) in [5, 5.41) is 3.74. The maximum atomic E-state index is 12.4. The largest absolute Gasteiger partial charge is 0.378 e. The van der Waals surface area contributed by atoms with Gasteiger partial charge in [0.15, 0.2) is 0 Å². The van der Waals surface area contributed by atoms with Gasteiger partial charge in [-0.1, -0.05) is 11.6 Å². The zero-order valence-electron chi connectivity index (χ0n) is 13.4. The van der Waals surface area contributed by atoms with E-state index in [4.69, 9.17) is 16.3 Å². The van der Waals surface area contributed by atoms with Gasteiger partial charge in [-0.2, -0.15) is 0 Å². The summed E-state index contributed by atoms with van der Waals surface area (Å²) in [6.07, 6.45) is 8.57. The van der Waals surface area contributed by atoms with Crippen molar-refractivity contribution in [3.63, 3.8) is 0 Å². The highest BCUT2D eigenvalue weighted by atomic mass is 35.5. The summed E-state index contributed by atoms with van der Waals surface area (Å²) in [6, 6.07) is 1.72. The van der Waals surface area contributed by atoms with E-state index in [9.17, 15) is 4.79 Å². The van der Waals surface area contributed by atoms with Crippen molar-refractivity contribution in [2.45, 2.75) is 44.6 Å². The topological polar surface area (TPSA) is 54.5 Å². The van der Waals surface area contributed by atoms with E-state index in [0.29, 0.717) is 22.5 Å². The number of nitrogens with zero attached hydrogens (tertiary/aromatic N) is 2. The van der Waals surface area contributed by atoms with Crippen LogP contribution in [-0.2, 0) is 4.74 Å². The molecule has 3 rings (SSSR count). The first-order valence-electron chi connectivity index (χ1n) is 8.54. The lowest BCUT2D eigenvalue weighted by atomic mass is 10.1. The van der Waals surface area contributed by atoms with Crippen molar-refractivity contribution in [3.8, 4) is 0 Å². The van der Waals surface area contributed by atoms with Crippen LogP contribution < -0.4 is 5.32 Å². The zero-order valence-corrected chi connectivity index (χ0v) is 14.1. The molecule has 2 aliphatic heterocycles. The molecular weight excluding hydrogens is 314 g/mol. The SMILES string of the molecule is O=C(c1cnc(NCC[C@H]2CCCO2)c(Cl)c1)N1CCCCC1. The molecule has 0 aromatic carbocycles. The number of carbonyl (C=O) groups is 1. The average molecular weight is 338 g/mol. The molecule has 1 aromatic heterocycles. The Bertz CT molecular complexity index is 541. The number of amides is 1. The lowest BCUT2D eigenvalue weighted by Crippen LogP contribution is -2.35. The van der Waals surface area contributed by atoms with Crippen LogP contribution in [0.3, 0.4) is 0 Å². The zero-order chi connectivity index (χ0) is 16.1. The van der Waals surface area contributed by atoms with Crippen LogP contribution in [0.1, 0.15) is 48.9 Å². The Labute approximate surface area is 142 Å². The molecule has 126 valence electrons. The number of carbonyl (C=O) groups excluding carboxylic acids is 1. The second-order valence-corrected chi connectivity index (χ2v) is 6.66. The van der Waals surface area contributed by atoms with E-state index >= 15 is 0 Å². The van der Waals surface area contributed by atoms with Crippen LogP contribution in [0.5, 0.6) is 0 Å². The first-order chi connectivity index (χ1) is 11.2. The predicted molar refractivity (Wildman–Crippen MR) is 91.1 cm³/mol. The van der Waals surface area contributed by atoms with Crippen LogP contribution in [0, 0.1) is 0 Å². The molecule has 0 saturated carbocycles. The fourth-order valence-electron chi connectivity index (χ4n) is 3.19. The third-order valence-corrected chi connectivity index (χ3v) is 4.80. The van der Waals surface area contributed by atoms with Crippen LogP contribution in [0.25, 0.3) is 0 Å². The molecule has 1 aromatic rings. The first-order valence-corrected chi connectivity index (χ1v) is 8.92. The van der Waals surface area contributed by atoms with Gasteiger partial charge in [0.1, 0.15) is 5.82 Å². The van der Waals surface area contributed by atoms with E-state index in [1.54, 1.807) is 12.3 Å². The summed E-state index contributed by atoms with van der Waals surface area (Å²) < 4.78 is 5.60. The monoisotopic (exact) mass is 337 g/mol. The van der Waals surface area contributed by atoms with Gasteiger partial charge in [0.2, 0.25) is 0 Å². The molecule has 0 aliphatic carbocycles. The van der Waals surface area contributed by atoms with Crippen molar-refractivity contribution in [1.82, 2.24) is 9.88 Å². The number of hydrogen-bond acceptors (Lipinski definition) is 4. The number of aromatic nitrogens is 1. The molecule has 23 heavy (non-hydrogen) atoms. The second-order valence-electron chi connectivity index (χ2n) is 6.26. The molecule has 2 aliphatic rings. The molecule has 1 amide bonds. The smallest absolute Gasteiger partial charge is 0.255 e. The van der Waals surface area contributed by atoms with Crippen LogP contribution in [0.15, 0.2) is 12.3 Å². The minimum Gasteiger partial charge on any atom is -0.378 e. The van der Waals surface area contributed by atoms with E-state index in [-0.39, 0.29) is 5.91 Å². The van der Waals surface area contributed by atoms with Gasteiger partial charge in [-0.05, 0) is 44.6 Å². The fraction of sp³-hybridized carbons (Fsp3) is 0.647. The van der Waals surface area contributed by atoms with Crippen molar-refractivity contribution in [2.24, 2.45) is 0 Å². The Balaban J connectivity index is 1.55. The van der Waals surface area contributed by atoms with Crippen LogP contribution in [0.4, 0.5) is 5.82 Å². The van der Waals surface area contributed by atoms with Crippen molar-refractivity contribution >= 4 is 23.3 Å². The number of rotatable bonds is 5. The van der Waals surface area contributed by atoms with Gasteiger partial charge in [0, 0.05) is 32.4 Å². The number of pyridine rings is 1. The minimum atomic E-state index is 0.0324. The second kappa shape index (κ2) is 7.97. The molecule has 3 heterocycles. The number of piperidine rings is 1. The van der Waals surface area contributed by atoms with Gasteiger partial charge >= 0.3 is 0 Å². The van der Waals surface area contributed by atoms with E-state index < -0.39 is 0 Å². The van der Waals surface area contributed by atoms with Gasteiger partial charge in [-0.15, -0.1) is 0 Å². The lowest BCUT2D eigenvalue weighted by molar-refractivity contribution is 0.0724. The molecule has 1 atom stereocenters. The summed E-state index contributed by atoms with van der Waals surface area (Å²) in [5.74, 6) is 0.671. The molecule has 0 radical (unpaired) electrons. The van der Waals surface area contributed by atoms with Gasteiger partial charge < -0.3 is 15.0 Å². The lowest BCUT2D eigenvalue weighted by Gasteiger charge is -2.26. The summed E-state index contributed by atoms with van der Waals surface area (Å²) in [6.45, 7) is 3.31. The quantitative estimate of drug-likeness (QED) is 0.895. The van der Waals surface area contributed by atoms with Gasteiger partial charge in [0.05, 0.1) is 16.7 Å². The van der Waals surface area contributed by atoms with E-state index in [1.807, 2.05) is 4.90 Å². The van der Waals surface area contributed by atoms with Crippen LogP contribution in [0.2, 0.25) is 5.02 Å². The summed E-state index contributed by atoms with van der Waals surface area (Å²) >= 11 is 6.28. The van der Waals surface area contributed by atoms with E-state index in [1.165, 1.54) is 6.42 Å². The maximum absolute atomic E-state index is 12.4. The van der Waals surface area contributed by atoms with Gasteiger partial charge in [0.25, 0.3) is 5.91 Å². The standard InChI is InChI=1S/C17H24ClN3O2/c18-15-11-13(17(22)21-8-2-1-3-9-21)12-20-16(15)19-7-6-14-5-4-10-23-14/h11-12,14H,1-10H2,(H,19,20)/t14-/m1/s1. The Morgan fingerprint density at radius 1 is 1.35 bits per heavy atom. The van der Waals surface area contributed by atoms with Crippen molar-refractivity contribution in [2.75, 3.05) is 31.6 Å². The van der Waals surface area contributed by atoms with Gasteiger partial charge in [-0.3, -0.25) is 4.79 Å². The number of anilines is 1. The first kappa shape index (κ1) is 16.5. The Morgan fingerprint density at radius 2 is 2.17 bits per heavy atom. The van der Waals surface area contributed by atoms with E-state index in [0.717, 1.165) is 58.3 Å². The van der Waals surface area contributed by atoms with Crippen LogP contribution >= 0.6 is 11.6 Å². The molecule has 1 N–H and O–H groups in total. The van der Waals surface area contributed by atoms with E-state index in [2.05, 4.69) is 10.3 Å². The summed E-state index contributed by atoms with van der Waals surface area (Å²) in [7, 11) is 0. The fourth-order valence-corrected chi connectivity index (χ4v) is 3.42. The molecule has 0 spiro atoms. The number of nitrogens with one attached hydrogen (secondary N) is 1. The maximum Gasteiger partial charge on any atom is 0.255 e. The van der Waals surface area contributed by atoms with Crippen molar-refractivity contribution in [1.29, 1.82) is 0 Å². The van der Waals surface area contributed by atoms with Gasteiger partial charge in [-0.25, -0.2) is 4.98 Å². The molecule has 2 saturated heterocycles. The Hall–Kier alpha value is -1.33. The number of hydrogen-bond donors (Lipinski definition) is 1. The highest BCUT2D eigenvalue weighted by Crippen LogP contribution is 2.22. The normalized spacial score (nSPS) is 21.4. The molecule has 5 nitrogen and oxygen atoms in total. The van der Waals surface area contributed by atoms with Crippen molar-refractivity contribution in [3.05, 3.63) is 22.8 Å². The molecule has 0 unspecified atom stereocenters. The molecule has 2 fully saturated rings. The third-order valence-electron chi connectivity index (χ3n) is 4.51. The molecular formula is C17H24ClN3O2. The average Bonchev–Trinajstić information content (AvgIpc) is 3.10. The highest BCUT2D eigenvalue weighted by molar-refractivity contribution is 6.33. The molecule has 0 bridgehead atoms. The molecule has 6 heteroatoms. The predicted octanol–water partition coefficient (Wildman–Crippen LogP) is 3.34. The Morgan fingerprint density at radius 3 is 2.87 bits per heavy atom. The highest BCUT2D eigenvalue weighted by Gasteiger charge is 2.20. The van der Waals surface area contributed by atoms with Crippen molar-refractivity contribution < 1.29 is 9.53 Å². The third kappa shape index (κ3) is 4.36. The minimum absolute atomic E-state index is 0.0324. The Kier molecular flexibility index (Phi) is 5.73. The number of likely N-dealkylation sites (tertiary alicyclic amines) is 1. The summed E-state index contributed by atoms with van der Waals surface area (Å²) in [5.41, 5.74) is 0.571.